The first-order chi connectivity index (χ1) is 18.0. The first-order valence-electron chi connectivity index (χ1n) is 12.9. The molecule has 3 nitrogen and oxygen atoms in total. The van der Waals surface area contributed by atoms with E-state index in [0.29, 0.717) is 0 Å². The van der Waals surface area contributed by atoms with Crippen molar-refractivity contribution in [1.29, 1.82) is 0 Å². The van der Waals surface area contributed by atoms with Gasteiger partial charge in [0.25, 0.3) is 0 Å². The highest BCUT2D eigenvalue weighted by molar-refractivity contribution is 6.32. The molecule has 178 valence electrons. The molecule has 0 aliphatic heterocycles. The van der Waals surface area contributed by atoms with Crippen molar-refractivity contribution < 1.29 is 4.42 Å². The quantitative estimate of drug-likeness (QED) is 0.248. The summed E-state index contributed by atoms with van der Waals surface area (Å²) in [5.41, 5.74) is 9.35. The van der Waals surface area contributed by atoms with Gasteiger partial charge in [0, 0.05) is 44.1 Å². The van der Waals surface area contributed by atoms with Gasteiger partial charge in [-0.1, -0.05) is 63.2 Å². The summed E-state index contributed by atoms with van der Waals surface area (Å²) in [6.07, 6.45) is 2.98. The Morgan fingerprint density at radius 2 is 1.51 bits per heavy atom. The number of hydrogen-bond donors (Lipinski definition) is 0. The van der Waals surface area contributed by atoms with Crippen molar-refractivity contribution in [2.24, 2.45) is 5.41 Å². The molecule has 0 radical (unpaired) electrons. The Balaban J connectivity index is 1.42. The summed E-state index contributed by atoms with van der Waals surface area (Å²) in [5.74, 6) is 0. The fourth-order valence-corrected chi connectivity index (χ4v) is 6.30. The van der Waals surface area contributed by atoms with Crippen LogP contribution < -0.4 is 0 Å². The highest BCUT2D eigenvalue weighted by Gasteiger charge is 2.21. The summed E-state index contributed by atoms with van der Waals surface area (Å²) in [6.45, 7) is 6.84. The lowest BCUT2D eigenvalue weighted by Gasteiger charge is -2.18. The molecule has 4 aromatic heterocycles. The lowest BCUT2D eigenvalue weighted by Crippen LogP contribution is -2.09. The van der Waals surface area contributed by atoms with E-state index in [4.69, 9.17) is 9.40 Å². The summed E-state index contributed by atoms with van der Waals surface area (Å²) in [4.78, 5) is 4.74. The van der Waals surface area contributed by atoms with Gasteiger partial charge in [-0.3, -0.25) is 4.98 Å². The fourth-order valence-electron chi connectivity index (χ4n) is 6.30. The van der Waals surface area contributed by atoms with Crippen LogP contribution in [0.4, 0.5) is 0 Å². The minimum absolute atomic E-state index is 0.239. The van der Waals surface area contributed by atoms with Crippen molar-refractivity contribution >= 4 is 60.0 Å². The maximum Gasteiger partial charge on any atom is 0.136 e. The van der Waals surface area contributed by atoms with Crippen molar-refractivity contribution in [3.05, 3.63) is 96.7 Å². The third-order valence-electron chi connectivity index (χ3n) is 7.67. The van der Waals surface area contributed by atoms with E-state index in [2.05, 4.69) is 104 Å². The number of fused-ring (bicyclic) bond motifs is 10. The molecule has 0 atom stereocenters. The molecule has 0 aliphatic rings. The standard InChI is InChI=1S/C34H26N2O/c1-34(2,3)19-20-15-16-35-26(17-20)21-11-12-27-25(18-21)22-8-6-9-24-31-28(36(27)33(22)24)13-14-30-32(31)23-7-4-5-10-29(23)37-30/h4-18H,19H2,1-3H3. The topological polar surface area (TPSA) is 30.4 Å². The molecule has 0 saturated heterocycles. The highest BCUT2D eigenvalue weighted by atomic mass is 16.3. The Morgan fingerprint density at radius 3 is 2.41 bits per heavy atom. The molecule has 0 unspecified atom stereocenters. The molecule has 0 aliphatic carbocycles. The van der Waals surface area contributed by atoms with Crippen LogP contribution in [0.1, 0.15) is 26.3 Å². The highest BCUT2D eigenvalue weighted by Crippen LogP contribution is 2.44. The minimum Gasteiger partial charge on any atom is -0.456 e. The van der Waals surface area contributed by atoms with Crippen molar-refractivity contribution in [1.82, 2.24) is 9.38 Å². The number of furan rings is 1. The molecule has 0 bridgehead atoms. The molecule has 0 spiro atoms. The van der Waals surface area contributed by atoms with Crippen LogP contribution in [0.5, 0.6) is 0 Å². The van der Waals surface area contributed by atoms with E-state index in [1.54, 1.807) is 0 Å². The number of para-hydroxylation sites is 2. The maximum absolute atomic E-state index is 6.22. The van der Waals surface area contributed by atoms with Gasteiger partial charge in [0.15, 0.2) is 0 Å². The molecule has 3 heteroatoms. The summed E-state index contributed by atoms with van der Waals surface area (Å²) in [6, 6.07) is 30.6. The Hall–Kier alpha value is -4.37. The van der Waals surface area contributed by atoms with Crippen LogP contribution in [0.25, 0.3) is 71.3 Å². The molecule has 8 rings (SSSR count). The number of aromatic nitrogens is 2. The Bertz CT molecular complexity index is 2150. The molecule has 37 heavy (non-hydrogen) atoms. The van der Waals surface area contributed by atoms with Crippen LogP contribution in [0.2, 0.25) is 0 Å². The Labute approximate surface area is 214 Å². The molecule has 4 aromatic carbocycles. The minimum atomic E-state index is 0.239. The number of rotatable bonds is 2. The second kappa shape index (κ2) is 7.10. The van der Waals surface area contributed by atoms with E-state index in [1.165, 1.54) is 54.4 Å². The predicted molar refractivity (Wildman–Crippen MR) is 155 cm³/mol. The van der Waals surface area contributed by atoms with E-state index < -0.39 is 0 Å². The molecule has 0 saturated carbocycles. The zero-order valence-electron chi connectivity index (χ0n) is 21.2. The molecule has 0 N–H and O–H groups in total. The van der Waals surface area contributed by atoms with Gasteiger partial charge in [0.1, 0.15) is 11.2 Å². The van der Waals surface area contributed by atoms with Crippen molar-refractivity contribution in [3.8, 4) is 11.3 Å². The molecule has 4 heterocycles. The first kappa shape index (κ1) is 20.8. The zero-order chi connectivity index (χ0) is 24.9. The number of hydrogen-bond acceptors (Lipinski definition) is 2. The predicted octanol–water partition coefficient (Wildman–Crippen LogP) is 9.39. The van der Waals surface area contributed by atoms with Gasteiger partial charge in [-0.25, -0.2) is 0 Å². The number of pyridine rings is 1. The molecule has 0 amide bonds. The SMILES string of the molecule is CC(C)(C)Cc1ccnc(-c2ccc3c(c2)c2cccc4c5c6c(ccc5n3c24)oc2ccccc26)c1. The third kappa shape index (κ3) is 2.91. The van der Waals surface area contributed by atoms with Crippen LogP contribution in [0.15, 0.2) is 95.5 Å². The van der Waals surface area contributed by atoms with Gasteiger partial charge in [-0.05, 0) is 59.9 Å². The van der Waals surface area contributed by atoms with Gasteiger partial charge in [-0.2, -0.15) is 0 Å². The van der Waals surface area contributed by atoms with Crippen LogP contribution >= 0.6 is 0 Å². The van der Waals surface area contributed by atoms with Gasteiger partial charge in [0.2, 0.25) is 0 Å². The van der Waals surface area contributed by atoms with E-state index in [-0.39, 0.29) is 5.41 Å². The molecule has 0 fully saturated rings. The van der Waals surface area contributed by atoms with E-state index in [0.717, 1.165) is 28.8 Å². The largest absolute Gasteiger partial charge is 0.456 e. The van der Waals surface area contributed by atoms with Crippen molar-refractivity contribution in [2.75, 3.05) is 0 Å². The van der Waals surface area contributed by atoms with E-state index >= 15 is 0 Å². The summed E-state index contributed by atoms with van der Waals surface area (Å²) >= 11 is 0. The van der Waals surface area contributed by atoms with E-state index in [9.17, 15) is 0 Å². The van der Waals surface area contributed by atoms with Crippen LogP contribution in [-0.4, -0.2) is 9.38 Å². The monoisotopic (exact) mass is 478 g/mol. The summed E-state index contributed by atoms with van der Waals surface area (Å²) < 4.78 is 8.66. The summed E-state index contributed by atoms with van der Waals surface area (Å²) in [5, 5.41) is 7.45. The Morgan fingerprint density at radius 1 is 0.703 bits per heavy atom. The molecule has 8 aromatic rings. The lowest BCUT2D eigenvalue weighted by molar-refractivity contribution is 0.411. The number of nitrogens with zero attached hydrogens (tertiary/aromatic N) is 2. The van der Waals surface area contributed by atoms with E-state index in [1.807, 2.05) is 12.3 Å². The van der Waals surface area contributed by atoms with Gasteiger partial charge in [0.05, 0.1) is 22.2 Å². The van der Waals surface area contributed by atoms with Crippen LogP contribution in [-0.2, 0) is 6.42 Å². The van der Waals surface area contributed by atoms with Gasteiger partial charge >= 0.3 is 0 Å². The van der Waals surface area contributed by atoms with Crippen LogP contribution in [0, 0.1) is 5.41 Å². The van der Waals surface area contributed by atoms with Crippen LogP contribution in [0.3, 0.4) is 0 Å². The maximum atomic E-state index is 6.22. The summed E-state index contributed by atoms with van der Waals surface area (Å²) in [7, 11) is 0. The zero-order valence-corrected chi connectivity index (χ0v) is 21.2. The molecular formula is C34H26N2O. The lowest BCUT2D eigenvalue weighted by atomic mass is 9.88. The third-order valence-corrected chi connectivity index (χ3v) is 7.67. The molecular weight excluding hydrogens is 452 g/mol. The average Bonchev–Trinajstić information content (AvgIpc) is 3.53. The first-order valence-corrected chi connectivity index (χ1v) is 12.9. The second-order valence-corrected chi connectivity index (χ2v) is 11.5. The van der Waals surface area contributed by atoms with Gasteiger partial charge in [-0.15, -0.1) is 0 Å². The number of benzene rings is 4. The second-order valence-electron chi connectivity index (χ2n) is 11.5. The smallest absolute Gasteiger partial charge is 0.136 e. The van der Waals surface area contributed by atoms with Crippen molar-refractivity contribution in [2.45, 2.75) is 27.2 Å². The normalized spacial score (nSPS) is 12.8. The van der Waals surface area contributed by atoms with Crippen molar-refractivity contribution in [3.63, 3.8) is 0 Å². The average molecular weight is 479 g/mol. The van der Waals surface area contributed by atoms with Gasteiger partial charge < -0.3 is 8.82 Å². The fraction of sp³-hybridized carbons (Fsp3) is 0.147. The Kier molecular flexibility index (Phi) is 3.99.